The van der Waals surface area contributed by atoms with Crippen LogP contribution in [-0.2, 0) is 12.8 Å². The summed E-state index contributed by atoms with van der Waals surface area (Å²) in [4.78, 5) is 0. The number of phenolic OH excluding ortho intramolecular Hbond substituents is 2. The lowest BCUT2D eigenvalue weighted by atomic mass is 9.98. The molecule has 0 bridgehead atoms. The number of hydrogen-bond acceptors (Lipinski definition) is 2. The molecule has 24 heavy (non-hydrogen) atoms. The number of unbranched alkanes of at least 4 members (excludes halogenated alkanes) is 3. The highest BCUT2D eigenvalue weighted by Gasteiger charge is 2.14. The fourth-order valence-electron chi connectivity index (χ4n) is 2.74. The third kappa shape index (κ3) is 4.95. The summed E-state index contributed by atoms with van der Waals surface area (Å²) in [6.07, 6.45) is 5.57. The minimum absolute atomic E-state index is 0.0232. The van der Waals surface area contributed by atoms with Gasteiger partial charge in [0.2, 0.25) is 0 Å². The molecule has 2 N–H and O–H groups in total. The summed E-state index contributed by atoms with van der Waals surface area (Å²) >= 11 is 18.2. The summed E-state index contributed by atoms with van der Waals surface area (Å²) in [5.74, 6) is 0.205. The Morgan fingerprint density at radius 2 is 1.33 bits per heavy atom. The lowest BCUT2D eigenvalue weighted by Gasteiger charge is -2.13. The molecule has 2 rings (SSSR count). The van der Waals surface area contributed by atoms with Crippen LogP contribution in [0.15, 0.2) is 24.3 Å². The first-order valence-electron chi connectivity index (χ1n) is 8.09. The lowest BCUT2D eigenvalue weighted by molar-refractivity contribution is 0.457. The van der Waals surface area contributed by atoms with Crippen LogP contribution in [0.1, 0.15) is 49.3 Å². The fraction of sp³-hybridized carbons (Fsp3) is 0.368. The average molecular weight is 388 g/mol. The smallest absolute Gasteiger partial charge is 0.137 e. The topological polar surface area (TPSA) is 40.5 Å². The van der Waals surface area contributed by atoms with E-state index in [1.54, 1.807) is 18.2 Å². The van der Waals surface area contributed by atoms with Gasteiger partial charge in [0.1, 0.15) is 11.5 Å². The SMILES string of the molecule is CCCCCCc1cc(Cl)cc(Cc2cc(Cl)cc(Cl)c2O)c1O. The molecule has 0 saturated carbocycles. The van der Waals surface area contributed by atoms with Crippen molar-refractivity contribution in [3.8, 4) is 11.5 Å². The molecule has 0 atom stereocenters. The van der Waals surface area contributed by atoms with Crippen LogP contribution in [0.2, 0.25) is 15.1 Å². The Bertz CT molecular complexity index is 714. The van der Waals surface area contributed by atoms with Crippen molar-refractivity contribution < 1.29 is 10.2 Å². The molecule has 130 valence electrons. The molecule has 0 aromatic heterocycles. The van der Waals surface area contributed by atoms with Gasteiger partial charge in [-0.2, -0.15) is 0 Å². The van der Waals surface area contributed by atoms with Crippen LogP contribution in [0.25, 0.3) is 0 Å². The normalized spacial score (nSPS) is 11.0. The summed E-state index contributed by atoms with van der Waals surface area (Å²) in [6.45, 7) is 2.16. The molecule has 0 aliphatic heterocycles. The third-order valence-electron chi connectivity index (χ3n) is 4.02. The van der Waals surface area contributed by atoms with Crippen molar-refractivity contribution >= 4 is 34.8 Å². The van der Waals surface area contributed by atoms with Crippen molar-refractivity contribution in [2.75, 3.05) is 0 Å². The van der Waals surface area contributed by atoms with Gasteiger partial charge in [-0.25, -0.2) is 0 Å². The van der Waals surface area contributed by atoms with E-state index in [2.05, 4.69) is 6.92 Å². The number of rotatable bonds is 7. The molecule has 0 unspecified atom stereocenters. The van der Waals surface area contributed by atoms with E-state index in [1.165, 1.54) is 18.9 Å². The van der Waals surface area contributed by atoms with E-state index in [0.717, 1.165) is 24.8 Å². The Kier molecular flexibility index (Phi) is 7.09. The number of halogens is 3. The quantitative estimate of drug-likeness (QED) is 0.514. The molecule has 2 aromatic rings. The van der Waals surface area contributed by atoms with Crippen LogP contribution in [0.5, 0.6) is 11.5 Å². The predicted molar refractivity (Wildman–Crippen MR) is 102 cm³/mol. The summed E-state index contributed by atoms with van der Waals surface area (Å²) < 4.78 is 0. The van der Waals surface area contributed by atoms with Gasteiger partial charge in [-0.1, -0.05) is 61.0 Å². The Morgan fingerprint density at radius 1 is 0.750 bits per heavy atom. The summed E-state index contributed by atoms with van der Waals surface area (Å²) in [7, 11) is 0. The Labute approximate surface area is 158 Å². The number of benzene rings is 2. The van der Waals surface area contributed by atoms with Crippen LogP contribution in [0.3, 0.4) is 0 Å². The fourth-order valence-corrected chi connectivity index (χ4v) is 3.54. The van der Waals surface area contributed by atoms with Gasteiger partial charge < -0.3 is 10.2 Å². The zero-order chi connectivity index (χ0) is 17.7. The lowest BCUT2D eigenvalue weighted by Crippen LogP contribution is -1.95. The van der Waals surface area contributed by atoms with E-state index in [-0.39, 0.29) is 16.5 Å². The largest absolute Gasteiger partial charge is 0.507 e. The van der Waals surface area contributed by atoms with E-state index in [9.17, 15) is 10.2 Å². The van der Waals surface area contributed by atoms with Crippen LogP contribution in [0, 0.1) is 0 Å². The second-order valence-electron chi connectivity index (χ2n) is 5.96. The molecule has 2 nitrogen and oxygen atoms in total. The molecular formula is C19H21Cl3O2. The zero-order valence-corrected chi connectivity index (χ0v) is 15.8. The number of aryl methyl sites for hydroxylation is 1. The third-order valence-corrected chi connectivity index (χ3v) is 4.74. The molecule has 0 amide bonds. The zero-order valence-electron chi connectivity index (χ0n) is 13.6. The number of hydrogen-bond donors (Lipinski definition) is 2. The predicted octanol–water partition coefficient (Wildman–Crippen LogP) is 6.77. The molecule has 0 spiro atoms. The molecule has 0 aliphatic rings. The van der Waals surface area contributed by atoms with Gasteiger partial charge in [-0.3, -0.25) is 0 Å². The highest BCUT2D eigenvalue weighted by Crippen LogP contribution is 2.36. The van der Waals surface area contributed by atoms with E-state index >= 15 is 0 Å². The van der Waals surface area contributed by atoms with Gasteiger partial charge in [0.25, 0.3) is 0 Å². The van der Waals surface area contributed by atoms with Crippen LogP contribution in [-0.4, -0.2) is 10.2 Å². The standard InChI is InChI=1S/C19H21Cl3O2/c1-2-3-4-5-6-12-8-15(20)9-13(18(12)23)7-14-10-16(21)11-17(22)19(14)24/h8-11,23-24H,2-7H2,1H3. The first-order chi connectivity index (χ1) is 11.4. The summed E-state index contributed by atoms with van der Waals surface area (Å²) in [6, 6.07) is 6.64. The van der Waals surface area contributed by atoms with E-state index in [0.29, 0.717) is 27.6 Å². The van der Waals surface area contributed by atoms with Crippen molar-refractivity contribution in [1.29, 1.82) is 0 Å². The van der Waals surface area contributed by atoms with Crippen LogP contribution >= 0.6 is 34.8 Å². The Hall–Kier alpha value is -1.09. The molecule has 0 heterocycles. The van der Waals surface area contributed by atoms with Gasteiger partial charge in [-0.15, -0.1) is 0 Å². The van der Waals surface area contributed by atoms with Crippen molar-refractivity contribution in [3.05, 3.63) is 56.0 Å². The molecule has 5 heteroatoms. The molecule has 0 fully saturated rings. The minimum atomic E-state index is -0.0232. The monoisotopic (exact) mass is 386 g/mol. The number of aromatic hydroxyl groups is 2. The van der Waals surface area contributed by atoms with Crippen molar-refractivity contribution in [3.63, 3.8) is 0 Å². The maximum absolute atomic E-state index is 10.6. The second-order valence-corrected chi connectivity index (χ2v) is 7.24. The van der Waals surface area contributed by atoms with Gasteiger partial charge >= 0.3 is 0 Å². The molecule has 2 aromatic carbocycles. The summed E-state index contributed by atoms with van der Waals surface area (Å²) in [5.41, 5.74) is 2.05. The Morgan fingerprint density at radius 3 is 2.00 bits per heavy atom. The van der Waals surface area contributed by atoms with E-state index < -0.39 is 0 Å². The van der Waals surface area contributed by atoms with Crippen molar-refractivity contribution in [1.82, 2.24) is 0 Å². The molecule has 0 aliphatic carbocycles. The van der Waals surface area contributed by atoms with Crippen LogP contribution < -0.4 is 0 Å². The average Bonchev–Trinajstić information content (AvgIpc) is 2.52. The second kappa shape index (κ2) is 8.84. The molecule has 0 saturated heterocycles. The minimum Gasteiger partial charge on any atom is -0.507 e. The maximum atomic E-state index is 10.6. The molecular weight excluding hydrogens is 367 g/mol. The van der Waals surface area contributed by atoms with Gasteiger partial charge in [0.05, 0.1) is 5.02 Å². The maximum Gasteiger partial charge on any atom is 0.137 e. The van der Waals surface area contributed by atoms with Gasteiger partial charge in [0, 0.05) is 27.6 Å². The first kappa shape index (κ1) is 19.2. The summed E-state index contributed by atoms with van der Waals surface area (Å²) in [5, 5.41) is 21.9. The van der Waals surface area contributed by atoms with Crippen molar-refractivity contribution in [2.45, 2.75) is 45.4 Å². The Balaban J connectivity index is 2.26. The van der Waals surface area contributed by atoms with Crippen LogP contribution in [0.4, 0.5) is 0 Å². The molecule has 0 radical (unpaired) electrons. The van der Waals surface area contributed by atoms with Gasteiger partial charge in [-0.05, 0) is 42.7 Å². The highest BCUT2D eigenvalue weighted by molar-refractivity contribution is 6.35. The van der Waals surface area contributed by atoms with Gasteiger partial charge in [0.15, 0.2) is 0 Å². The first-order valence-corrected chi connectivity index (χ1v) is 9.23. The van der Waals surface area contributed by atoms with Crippen molar-refractivity contribution in [2.24, 2.45) is 0 Å². The number of phenols is 2. The van der Waals surface area contributed by atoms with E-state index in [4.69, 9.17) is 34.8 Å². The van der Waals surface area contributed by atoms with E-state index in [1.807, 2.05) is 0 Å². The highest BCUT2D eigenvalue weighted by atomic mass is 35.5.